The van der Waals surface area contributed by atoms with Crippen LogP contribution in [0.4, 0.5) is 0 Å². The molecule has 2 unspecified atom stereocenters. The van der Waals surface area contributed by atoms with E-state index >= 15 is 0 Å². The zero-order valence-electron chi connectivity index (χ0n) is 12.5. The first-order valence-corrected chi connectivity index (χ1v) is 7.94. The van der Waals surface area contributed by atoms with Gasteiger partial charge in [-0.1, -0.05) is 37.3 Å². The highest BCUT2D eigenvalue weighted by molar-refractivity contribution is 7.81. The summed E-state index contributed by atoms with van der Waals surface area (Å²) in [5.41, 5.74) is 1.10. The number of carbonyl (C=O) groups is 1. The number of thiol groups is 1. The van der Waals surface area contributed by atoms with Crippen LogP contribution in [-0.4, -0.2) is 22.6 Å². The van der Waals surface area contributed by atoms with Crippen molar-refractivity contribution in [2.24, 2.45) is 5.92 Å². The van der Waals surface area contributed by atoms with Gasteiger partial charge < -0.3 is 9.64 Å². The van der Waals surface area contributed by atoms with Crippen molar-refractivity contribution in [3.63, 3.8) is 0 Å². The SMILES string of the molecule is CC1C(=O)N(Cc2ccc(Oc3ccccc3)cc2)CC1S. The van der Waals surface area contributed by atoms with E-state index in [1.807, 2.05) is 66.4 Å². The number of ether oxygens (including phenoxy) is 1. The van der Waals surface area contributed by atoms with Crippen molar-refractivity contribution in [2.75, 3.05) is 6.54 Å². The van der Waals surface area contributed by atoms with Crippen LogP contribution in [0.15, 0.2) is 54.6 Å². The minimum absolute atomic E-state index is 0.00372. The molecule has 1 fully saturated rings. The van der Waals surface area contributed by atoms with Gasteiger partial charge in [0.1, 0.15) is 11.5 Å². The zero-order valence-corrected chi connectivity index (χ0v) is 13.4. The van der Waals surface area contributed by atoms with E-state index in [0.29, 0.717) is 13.1 Å². The van der Waals surface area contributed by atoms with Crippen molar-refractivity contribution in [1.29, 1.82) is 0 Å². The quantitative estimate of drug-likeness (QED) is 0.871. The van der Waals surface area contributed by atoms with Gasteiger partial charge in [0.25, 0.3) is 0 Å². The number of hydrogen-bond donors (Lipinski definition) is 1. The molecule has 0 bridgehead atoms. The summed E-state index contributed by atoms with van der Waals surface area (Å²) >= 11 is 4.46. The predicted molar refractivity (Wildman–Crippen MR) is 90.3 cm³/mol. The Balaban J connectivity index is 1.64. The Morgan fingerprint density at radius 3 is 2.32 bits per heavy atom. The lowest BCUT2D eigenvalue weighted by molar-refractivity contribution is -0.131. The smallest absolute Gasteiger partial charge is 0.226 e. The van der Waals surface area contributed by atoms with Gasteiger partial charge in [-0.2, -0.15) is 12.6 Å². The van der Waals surface area contributed by atoms with Crippen LogP contribution in [0, 0.1) is 5.92 Å². The van der Waals surface area contributed by atoms with Crippen LogP contribution in [-0.2, 0) is 11.3 Å². The highest BCUT2D eigenvalue weighted by Crippen LogP contribution is 2.26. The van der Waals surface area contributed by atoms with Crippen LogP contribution in [0.1, 0.15) is 12.5 Å². The maximum Gasteiger partial charge on any atom is 0.226 e. The Bertz CT molecular complexity index is 642. The van der Waals surface area contributed by atoms with E-state index in [-0.39, 0.29) is 17.1 Å². The second-order valence-electron chi connectivity index (χ2n) is 5.63. The first kappa shape index (κ1) is 15.0. The lowest BCUT2D eigenvalue weighted by atomic mass is 10.1. The highest BCUT2D eigenvalue weighted by Gasteiger charge is 2.34. The summed E-state index contributed by atoms with van der Waals surface area (Å²) in [7, 11) is 0. The van der Waals surface area contributed by atoms with E-state index in [9.17, 15) is 4.79 Å². The second kappa shape index (κ2) is 6.44. The molecule has 1 heterocycles. The minimum Gasteiger partial charge on any atom is -0.457 e. The van der Waals surface area contributed by atoms with Gasteiger partial charge in [0.15, 0.2) is 0 Å². The number of carbonyl (C=O) groups excluding carboxylic acids is 1. The fraction of sp³-hybridized carbons (Fsp3) is 0.278. The Kier molecular flexibility index (Phi) is 4.39. The van der Waals surface area contributed by atoms with Crippen molar-refractivity contribution >= 4 is 18.5 Å². The number of para-hydroxylation sites is 1. The van der Waals surface area contributed by atoms with Gasteiger partial charge in [-0.3, -0.25) is 4.79 Å². The lowest BCUT2D eigenvalue weighted by Crippen LogP contribution is -2.26. The van der Waals surface area contributed by atoms with E-state index in [1.165, 1.54) is 0 Å². The van der Waals surface area contributed by atoms with Crippen LogP contribution in [0.5, 0.6) is 11.5 Å². The van der Waals surface area contributed by atoms with Gasteiger partial charge in [0.2, 0.25) is 5.91 Å². The van der Waals surface area contributed by atoms with E-state index < -0.39 is 0 Å². The van der Waals surface area contributed by atoms with Crippen molar-refractivity contribution in [1.82, 2.24) is 4.90 Å². The molecule has 2 aromatic carbocycles. The third kappa shape index (κ3) is 3.28. The van der Waals surface area contributed by atoms with Crippen LogP contribution in [0.2, 0.25) is 0 Å². The van der Waals surface area contributed by atoms with Gasteiger partial charge >= 0.3 is 0 Å². The summed E-state index contributed by atoms with van der Waals surface area (Å²) in [4.78, 5) is 14.0. The molecule has 22 heavy (non-hydrogen) atoms. The largest absolute Gasteiger partial charge is 0.457 e. The number of nitrogens with zero attached hydrogens (tertiary/aromatic N) is 1. The van der Waals surface area contributed by atoms with Crippen molar-refractivity contribution in [2.45, 2.75) is 18.7 Å². The fourth-order valence-corrected chi connectivity index (χ4v) is 2.90. The Labute approximate surface area is 136 Å². The molecule has 3 rings (SSSR count). The third-order valence-electron chi connectivity index (χ3n) is 3.96. The summed E-state index contributed by atoms with van der Waals surface area (Å²) in [5.74, 6) is 1.80. The molecule has 1 aliphatic heterocycles. The van der Waals surface area contributed by atoms with E-state index in [4.69, 9.17) is 4.74 Å². The summed E-state index contributed by atoms with van der Waals surface area (Å²) in [6, 6.07) is 17.6. The molecule has 2 atom stereocenters. The molecule has 0 N–H and O–H groups in total. The second-order valence-corrected chi connectivity index (χ2v) is 6.30. The molecule has 114 valence electrons. The number of hydrogen-bond acceptors (Lipinski definition) is 3. The molecule has 1 amide bonds. The fourth-order valence-electron chi connectivity index (χ4n) is 2.58. The average Bonchev–Trinajstić information content (AvgIpc) is 2.77. The molecule has 1 saturated heterocycles. The zero-order chi connectivity index (χ0) is 15.5. The summed E-state index contributed by atoms with van der Waals surface area (Å²) in [6.07, 6.45) is 0. The molecule has 0 saturated carbocycles. The van der Waals surface area contributed by atoms with E-state index in [0.717, 1.165) is 17.1 Å². The first-order valence-electron chi connectivity index (χ1n) is 7.42. The highest BCUT2D eigenvalue weighted by atomic mass is 32.1. The molecule has 2 aromatic rings. The van der Waals surface area contributed by atoms with Gasteiger partial charge in [-0.15, -0.1) is 0 Å². The van der Waals surface area contributed by atoms with E-state index in [1.54, 1.807) is 0 Å². The third-order valence-corrected chi connectivity index (χ3v) is 4.57. The lowest BCUT2D eigenvalue weighted by Gasteiger charge is -2.16. The molecule has 0 aromatic heterocycles. The summed E-state index contributed by atoms with van der Waals surface area (Å²) < 4.78 is 5.77. The molecule has 3 nitrogen and oxygen atoms in total. The molecule has 0 radical (unpaired) electrons. The van der Waals surface area contributed by atoms with Crippen molar-refractivity contribution < 1.29 is 9.53 Å². The van der Waals surface area contributed by atoms with Crippen LogP contribution >= 0.6 is 12.6 Å². The van der Waals surface area contributed by atoms with Crippen LogP contribution < -0.4 is 4.74 Å². The topological polar surface area (TPSA) is 29.5 Å². The summed E-state index contributed by atoms with van der Waals surface area (Å²) in [6.45, 7) is 3.29. The standard InChI is InChI=1S/C18H19NO2S/c1-13-17(22)12-19(18(13)20)11-14-7-9-16(10-8-14)21-15-5-3-2-4-6-15/h2-10,13,17,22H,11-12H2,1H3. The van der Waals surface area contributed by atoms with Gasteiger partial charge in [-0.05, 0) is 29.8 Å². The Morgan fingerprint density at radius 1 is 1.09 bits per heavy atom. The van der Waals surface area contributed by atoms with Gasteiger partial charge in [0.05, 0.1) is 0 Å². The molecule has 4 heteroatoms. The average molecular weight is 313 g/mol. The van der Waals surface area contributed by atoms with Crippen molar-refractivity contribution in [3.8, 4) is 11.5 Å². The normalized spacial score (nSPS) is 21.2. The molecular weight excluding hydrogens is 294 g/mol. The van der Waals surface area contributed by atoms with Gasteiger partial charge in [-0.25, -0.2) is 0 Å². The Morgan fingerprint density at radius 2 is 1.73 bits per heavy atom. The number of rotatable bonds is 4. The maximum atomic E-state index is 12.1. The molecule has 0 aliphatic carbocycles. The van der Waals surface area contributed by atoms with Crippen LogP contribution in [0.25, 0.3) is 0 Å². The molecular formula is C18H19NO2S. The Hall–Kier alpha value is -1.94. The van der Waals surface area contributed by atoms with Gasteiger partial charge in [0, 0.05) is 24.3 Å². The number of likely N-dealkylation sites (tertiary alicyclic amines) is 1. The maximum absolute atomic E-state index is 12.1. The monoisotopic (exact) mass is 313 g/mol. The number of benzene rings is 2. The predicted octanol–water partition coefficient (Wildman–Crippen LogP) is 3.76. The molecule has 1 aliphatic rings. The van der Waals surface area contributed by atoms with E-state index in [2.05, 4.69) is 12.6 Å². The van der Waals surface area contributed by atoms with Crippen molar-refractivity contribution in [3.05, 3.63) is 60.2 Å². The first-order chi connectivity index (χ1) is 10.6. The van der Waals surface area contributed by atoms with Crippen LogP contribution in [0.3, 0.4) is 0 Å². The summed E-state index contributed by atoms with van der Waals surface area (Å²) in [5, 5.41) is 0.133. The number of amides is 1. The molecule has 0 spiro atoms. The minimum atomic E-state index is 0.00372.